The van der Waals surface area contributed by atoms with Gasteiger partial charge < -0.3 is 144 Å². The van der Waals surface area contributed by atoms with Crippen molar-refractivity contribution in [2.24, 2.45) is 34.6 Å². The van der Waals surface area contributed by atoms with Crippen molar-refractivity contribution in [3.05, 3.63) is 120 Å². The van der Waals surface area contributed by atoms with Gasteiger partial charge in [-0.05, 0) is 80.0 Å². The summed E-state index contributed by atoms with van der Waals surface area (Å²) in [6, 6.07) is -5.49. The normalized spacial score (nSPS) is 14.8. The van der Waals surface area contributed by atoms with E-state index >= 15 is 9.59 Å². The number of imidazole rings is 1. The van der Waals surface area contributed by atoms with Crippen molar-refractivity contribution in [3.63, 3.8) is 0 Å². The molecule has 0 unspecified atom stereocenters. The fourth-order valence-corrected chi connectivity index (χ4v) is 13.9. The van der Waals surface area contributed by atoms with E-state index in [1.165, 1.54) is 49.2 Å². The third-order valence-electron chi connectivity index (χ3n) is 20.2. The van der Waals surface area contributed by atoms with Gasteiger partial charge in [-0.3, -0.25) is 95.9 Å². The number of carbonyl (C=O) groups is 20. The van der Waals surface area contributed by atoms with E-state index in [2.05, 4.69) is 125 Å². The molecular formula is C82H112N24O24S2. The molecule has 6 rings (SSSR count). The number of phenols is 1. The molecule has 3 aromatic heterocycles. The lowest BCUT2D eigenvalue weighted by molar-refractivity contribution is -0.137. The first-order chi connectivity index (χ1) is 62.4. The average molecular weight is 1880 g/mol. The predicted molar refractivity (Wildman–Crippen MR) is 475 cm³/mol. The molecule has 6 aromatic rings. The molecule has 132 heavy (non-hydrogen) atoms. The number of benzene rings is 3. The van der Waals surface area contributed by atoms with E-state index in [1.54, 1.807) is 62.4 Å². The number of carbonyl (C=O) groups excluding carboxylic acids is 20. The lowest BCUT2D eigenvalue weighted by atomic mass is 9.99. The molecule has 0 spiro atoms. The quantitative estimate of drug-likeness (QED) is 0.0158. The summed E-state index contributed by atoms with van der Waals surface area (Å²) in [5.41, 5.74) is 29.6. The highest BCUT2D eigenvalue weighted by molar-refractivity contribution is 7.80. The van der Waals surface area contributed by atoms with E-state index in [1.807, 2.05) is 0 Å². The number of primary amides is 5. The van der Waals surface area contributed by atoms with E-state index in [-0.39, 0.29) is 49.2 Å². The van der Waals surface area contributed by atoms with Crippen LogP contribution in [0.4, 0.5) is 0 Å². The van der Waals surface area contributed by atoms with Gasteiger partial charge in [0.2, 0.25) is 118 Å². The van der Waals surface area contributed by atoms with Crippen molar-refractivity contribution in [1.82, 2.24) is 99.7 Å². The van der Waals surface area contributed by atoms with Crippen LogP contribution in [0.2, 0.25) is 0 Å². The maximum absolute atomic E-state index is 15.3. The highest BCUT2D eigenvalue weighted by Gasteiger charge is 2.40. The highest BCUT2D eigenvalue weighted by atomic mass is 32.1. The van der Waals surface area contributed by atoms with Gasteiger partial charge in [0.1, 0.15) is 90.3 Å². The third kappa shape index (κ3) is 34.0. The Morgan fingerprint density at radius 2 is 0.780 bits per heavy atom. The van der Waals surface area contributed by atoms with Crippen LogP contribution in [0.25, 0.3) is 21.8 Å². The number of phenolic OH excluding ortho intramolecular Hbond substituents is 1. The fourth-order valence-electron chi connectivity index (χ4n) is 13.4. The highest BCUT2D eigenvalue weighted by Crippen LogP contribution is 2.23. The number of H-pyrrole nitrogens is 3. The predicted octanol–water partition coefficient (Wildman–Crippen LogP) is -9.30. The summed E-state index contributed by atoms with van der Waals surface area (Å²) in [6.07, 6.45) is -3.43. The molecule has 716 valence electrons. The van der Waals surface area contributed by atoms with Gasteiger partial charge in [0, 0.05) is 103 Å². The van der Waals surface area contributed by atoms with Gasteiger partial charge >= 0.3 is 0 Å². The standard InChI is InChI=1S/C82H112N24O24S2/c1-37(2)22-52(72(120)101-58(28-65(86)115)76(124)100-57(27-64(85)114)70(118)91-32-66(116)105-67(38(3)108)81(129)103-59(33-107)78(126)94-50(69(87)117)18-20-62(83)112)96-75(123)54(24-42-29-89-48-12-8-6-10-46(42)48)98-73(121)53(23-41-14-16-45(111)17-15-41)97-80(128)61(35-132)104-71(119)51(19-21-63(84)113)95-74(122)55(25-43-30-90-49-13-9-7-11-47(43)49)102-82(130)68(39(4)109)106-77(125)56(26-44-31-88-36-92-44)99-79(127)60(34-131)93-40(5)110/h6-17,29-31,36-39,50-61,67-68,89-90,107-109,111,131-132H,18-28,32-35H2,1-5H3,(H2,83,112)(H2,84,113)(H2,85,114)(H2,86,115)(H2,87,117)(H,88,92)(H,91,118)(H,93,110)(H,94,126)(H,95,122)(H,96,123)(H,97,128)(H,98,121)(H,99,127)(H,100,124)(H,101,120)(H,102,130)(H,103,129)(H,104,119)(H,105,116)(H,106,125)/t38-,39-,50+,51+,52+,53+,54+,55+,56+,57+,58+,59+,60+,61+,67+,68+/m1/s1. The number of aliphatic hydroxyl groups is 3. The summed E-state index contributed by atoms with van der Waals surface area (Å²) in [4.78, 5) is 285. The summed E-state index contributed by atoms with van der Waals surface area (Å²) in [5.74, 6) is -23.7. The van der Waals surface area contributed by atoms with Crippen molar-refractivity contribution >= 4 is 165 Å². The molecule has 20 amide bonds. The molecule has 0 radical (unpaired) electrons. The summed E-state index contributed by atoms with van der Waals surface area (Å²) >= 11 is 8.51. The summed E-state index contributed by atoms with van der Waals surface area (Å²) in [5, 5.41) is 78.6. The average Bonchev–Trinajstić information content (AvgIpc) is 1.64. The summed E-state index contributed by atoms with van der Waals surface area (Å²) in [7, 11) is 0. The topological polar surface area (TPSA) is 793 Å². The number of nitrogens with two attached hydrogens (primary N) is 5. The van der Waals surface area contributed by atoms with E-state index in [0.717, 1.165) is 20.8 Å². The number of thiol groups is 2. The Bertz CT molecular complexity index is 5130. The molecule has 0 bridgehead atoms. The minimum atomic E-state index is -2.04. The number of hydrogen-bond acceptors (Lipinski definition) is 27. The lowest BCUT2D eigenvalue weighted by Gasteiger charge is -2.29. The first-order valence-electron chi connectivity index (χ1n) is 41.3. The Kier molecular flexibility index (Phi) is 41.8. The fraction of sp³-hybridized carbons (Fsp3) is 0.451. The van der Waals surface area contributed by atoms with Gasteiger partial charge in [0.05, 0.1) is 44.5 Å². The first kappa shape index (κ1) is 107. The molecule has 48 nitrogen and oxygen atoms in total. The summed E-state index contributed by atoms with van der Waals surface area (Å²) in [6.45, 7) is 4.38. The molecule has 0 aliphatic carbocycles. The van der Waals surface area contributed by atoms with Crippen LogP contribution in [0, 0.1) is 5.92 Å². The second-order valence-electron chi connectivity index (χ2n) is 31.4. The SMILES string of the molecule is CC(=O)N[C@@H](CS)C(=O)N[C@@H](Cc1cnc[nH]1)C(=O)N[C@H](C(=O)N[C@@H](Cc1c[nH]c2ccccc12)C(=O)N[C@@H](CCC(N)=O)C(=O)N[C@@H](CS)C(=O)N[C@@H](Cc1ccc(O)cc1)C(=O)N[C@@H](Cc1c[nH]c2ccccc12)C(=O)N[C@@H](CC(C)C)C(=O)N[C@@H](CC(N)=O)C(=O)N[C@@H](CC(N)=O)C(=O)NCC(=O)N[C@H](C(=O)N[C@@H](CO)C(=O)N[C@@H](CCC(N)=O)C(N)=O)[C@@H](C)O)[C@@H](C)O. The Morgan fingerprint density at radius 3 is 1.23 bits per heavy atom. The second-order valence-corrected chi connectivity index (χ2v) is 32.1. The number of aromatic nitrogens is 4. The molecule has 32 N–H and O–H groups in total. The van der Waals surface area contributed by atoms with Gasteiger partial charge in [-0.1, -0.05) is 62.4 Å². The number of fused-ring (bicyclic) bond motifs is 2. The smallest absolute Gasteiger partial charge is 0.245 e. The Hall–Kier alpha value is -14.3. The molecule has 0 fully saturated rings. The Labute approximate surface area is 764 Å². The Morgan fingerprint density at radius 1 is 0.402 bits per heavy atom. The van der Waals surface area contributed by atoms with Crippen LogP contribution in [-0.2, 0) is 122 Å². The minimum Gasteiger partial charge on any atom is -0.508 e. The number of aromatic hydroxyl groups is 1. The molecule has 50 heteroatoms. The molecule has 16 atom stereocenters. The summed E-state index contributed by atoms with van der Waals surface area (Å²) < 4.78 is 0. The Balaban J connectivity index is 1.24. The van der Waals surface area contributed by atoms with Gasteiger partial charge in [-0.2, -0.15) is 25.3 Å². The van der Waals surface area contributed by atoms with Crippen molar-refractivity contribution < 1.29 is 116 Å². The number of nitrogens with zero attached hydrogens (tertiary/aromatic N) is 1. The van der Waals surface area contributed by atoms with Crippen molar-refractivity contribution in [2.75, 3.05) is 24.7 Å². The number of hydrogen-bond donors (Lipinski definition) is 29. The van der Waals surface area contributed by atoms with Crippen LogP contribution >= 0.6 is 25.3 Å². The van der Waals surface area contributed by atoms with E-state index in [0.29, 0.717) is 38.6 Å². The largest absolute Gasteiger partial charge is 0.508 e. The minimum absolute atomic E-state index is 0.200. The zero-order chi connectivity index (χ0) is 97.9. The van der Waals surface area contributed by atoms with Crippen molar-refractivity contribution in [3.8, 4) is 5.75 Å². The van der Waals surface area contributed by atoms with Gasteiger partial charge in [-0.25, -0.2) is 4.98 Å². The van der Waals surface area contributed by atoms with E-state index in [9.17, 15) is 107 Å². The molecule has 0 aliphatic heterocycles. The molecule has 0 aliphatic rings. The van der Waals surface area contributed by atoms with E-state index in [4.69, 9.17) is 28.7 Å². The van der Waals surface area contributed by atoms with Gasteiger partial charge in [0.15, 0.2) is 0 Å². The zero-order valence-corrected chi connectivity index (χ0v) is 74.1. The van der Waals surface area contributed by atoms with Crippen LogP contribution in [0.3, 0.4) is 0 Å². The number of amides is 20. The maximum Gasteiger partial charge on any atom is 0.245 e. The number of para-hydroxylation sites is 2. The molecule has 0 saturated heterocycles. The number of aliphatic hydroxyl groups excluding tert-OH is 3. The molecule has 0 saturated carbocycles. The maximum atomic E-state index is 15.3. The van der Waals surface area contributed by atoms with Crippen LogP contribution in [0.15, 0.2) is 97.7 Å². The van der Waals surface area contributed by atoms with Gasteiger partial charge in [0.25, 0.3) is 0 Å². The molecular weight excluding hydrogens is 1770 g/mol. The lowest BCUT2D eigenvalue weighted by Crippen LogP contribution is -2.62. The first-order valence-corrected chi connectivity index (χ1v) is 42.6. The molecule has 3 heterocycles. The van der Waals surface area contributed by atoms with Crippen molar-refractivity contribution in [2.45, 2.75) is 202 Å². The number of rotatable bonds is 55. The second kappa shape index (κ2) is 51.8. The number of nitrogens with one attached hydrogen (secondary N) is 18. The van der Waals surface area contributed by atoms with Crippen LogP contribution in [0.1, 0.15) is 102 Å². The molecule has 3 aromatic carbocycles. The zero-order valence-electron chi connectivity index (χ0n) is 72.3. The van der Waals surface area contributed by atoms with Crippen molar-refractivity contribution in [1.29, 1.82) is 0 Å². The third-order valence-corrected chi connectivity index (χ3v) is 21.0. The van der Waals surface area contributed by atoms with E-state index < -0.39 is 278 Å². The van der Waals surface area contributed by atoms with Crippen LogP contribution in [-0.4, -0.2) is 280 Å². The monoisotopic (exact) mass is 1880 g/mol. The van der Waals surface area contributed by atoms with Crippen LogP contribution in [0.5, 0.6) is 5.75 Å². The van der Waals surface area contributed by atoms with Crippen LogP contribution < -0.4 is 108 Å². The van der Waals surface area contributed by atoms with Gasteiger partial charge in [-0.15, -0.1) is 0 Å². The number of aromatic amines is 3.